The molecule has 1 aromatic heterocycles. The molecule has 3 N–H and O–H groups in total. The fourth-order valence-electron chi connectivity index (χ4n) is 3.18. The van der Waals surface area contributed by atoms with E-state index in [1.54, 1.807) is 36.4 Å². The second kappa shape index (κ2) is 22.0. The van der Waals surface area contributed by atoms with Gasteiger partial charge in [0.15, 0.2) is 12.4 Å². The number of nitrogens with two attached hydrogens (primary N) is 1. The molecule has 0 spiro atoms. The average molecular weight is 532 g/mol. The molecule has 0 saturated heterocycles. The number of hydrogen-bond acceptors (Lipinski definition) is 6. The lowest BCUT2D eigenvalue weighted by Crippen LogP contribution is -2.14. The van der Waals surface area contributed by atoms with Crippen LogP contribution in [0.5, 0.6) is 5.75 Å². The van der Waals surface area contributed by atoms with E-state index >= 15 is 0 Å². The molecule has 0 radical (unpaired) electrons. The Morgan fingerprint density at radius 3 is 2.10 bits per heavy atom. The number of nitrogens with zero attached hydrogens (tertiary/aromatic N) is 1. The predicted molar refractivity (Wildman–Crippen MR) is 166 cm³/mol. The van der Waals surface area contributed by atoms with Gasteiger partial charge in [-0.3, -0.25) is 9.78 Å². The molecule has 6 heteroatoms. The molecule has 0 amide bonds. The van der Waals surface area contributed by atoms with Gasteiger partial charge in [-0.15, -0.1) is 0 Å². The van der Waals surface area contributed by atoms with Crippen LogP contribution in [0.4, 0.5) is 5.69 Å². The lowest BCUT2D eigenvalue weighted by molar-refractivity contribution is -0.108. The maximum atomic E-state index is 11.9. The monoisotopic (exact) mass is 531 g/mol. The highest BCUT2D eigenvalue weighted by atomic mass is 16.5. The van der Waals surface area contributed by atoms with E-state index in [9.17, 15) is 9.59 Å². The van der Waals surface area contributed by atoms with Crippen molar-refractivity contribution in [3.63, 3.8) is 0 Å². The molecule has 210 valence electrons. The van der Waals surface area contributed by atoms with E-state index < -0.39 is 0 Å². The van der Waals surface area contributed by atoms with Crippen LogP contribution in [0.15, 0.2) is 91.3 Å². The lowest BCUT2D eigenvalue weighted by Gasteiger charge is -2.09. The van der Waals surface area contributed by atoms with Gasteiger partial charge in [0.1, 0.15) is 12.0 Å². The summed E-state index contributed by atoms with van der Waals surface area (Å²) in [4.78, 5) is 26.8. The first-order valence-corrected chi connectivity index (χ1v) is 13.6. The van der Waals surface area contributed by atoms with Crippen molar-refractivity contribution in [3.8, 4) is 5.75 Å². The van der Waals surface area contributed by atoms with Crippen LogP contribution in [0.1, 0.15) is 63.4 Å². The highest BCUT2D eigenvalue weighted by Gasteiger charge is 2.09. The first-order chi connectivity index (χ1) is 19.1. The minimum atomic E-state index is -0.301. The van der Waals surface area contributed by atoms with Gasteiger partial charge in [0.25, 0.3) is 0 Å². The summed E-state index contributed by atoms with van der Waals surface area (Å²) in [5, 5.41) is 5.50. The SMILES string of the molecule is CC.CC.CC.CNc1ccc2cnccc2c1.NCC(C=O)c1ccc(OCC(=O)c2ccccc2)cc1. The second-order valence-electron chi connectivity index (χ2n) is 7.31. The Balaban J connectivity index is 0.000000678. The number of carbonyl (C=O) groups is 2. The average Bonchev–Trinajstić information content (AvgIpc) is 3.04. The molecule has 4 aromatic rings. The number of anilines is 1. The van der Waals surface area contributed by atoms with Gasteiger partial charge in [-0.1, -0.05) is 90.1 Å². The van der Waals surface area contributed by atoms with Crippen LogP contribution >= 0.6 is 0 Å². The standard InChI is InChI=1S/C17H17NO3.C10H10N2.3C2H6/c18-10-15(11-19)13-6-8-16(9-7-13)21-12-17(20)14-4-2-1-3-5-14;1-11-10-3-2-9-7-12-5-4-8(9)6-10;3*1-2/h1-9,11,15H,10,12,18H2;2-7,11H,1H3;3*1-2H3. The van der Waals surface area contributed by atoms with Crippen molar-refractivity contribution in [3.05, 3.63) is 102 Å². The lowest BCUT2D eigenvalue weighted by atomic mass is 10.0. The number of fused-ring (bicyclic) bond motifs is 1. The number of aldehydes is 1. The zero-order valence-corrected chi connectivity index (χ0v) is 24.5. The zero-order chi connectivity index (χ0) is 29.5. The smallest absolute Gasteiger partial charge is 0.200 e. The van der Waals surface area contributed by atoms with Crippen LogP contribution in [0.25, 0.3) is 10.8 Å². The van der Waals surface area contributed by atoms with Crippen molar-refractivity contribution >= 4 is 28.5 Å². The summed E-state index contributed by atoms with van der Waals surface area (Å²) in [5.41, 5.74) is 8.11. The van der Waals surface area contributed by atoms with Crippen LogP contribution in [0, 0.1) is 0 Å². The van der Waals surface area contributed by atoms with Gasteiger partial charge in [0.2, 0.25) is 0 Å². The topological polar surface area (TPSA) is 94.3 Å². The Hall–Kier alpha value is -4.03. The minimum absolute atomic E-state index is 0.0165. The van der Waals surface area contributed by atoms with Crippen LogP contribution in [0.3, 0.4) is 0 Å². The van der Waals surface area contributed by atoms with Crippen LogP contribution in [-0.2, 0) is 4.79 Å². The van der Waals surface area contributed by atoms with Gasteiger partial charge < -0.3 is 20.6 Å². The summed E-state index contributed by atoms with van der Waals surface area (Å²) in [5.74, 6) is 0.210. The van der Waals surface area contributed by atoms with Gasteiger partial charge in [-0.2, -0.15) is 0 Å². The Labute approximate surface area is 234 Å². The van der Waals surface area contributed by atoms with Crippen LogP contribution in [-0.4, -0.2) is 37.3 Å². The highest BCUT2D eigenvalue weighted by Crippen LogP contribution is 2.18. The van der Waals surface area contributed by atoms with Gasteiger partial charge in [-0.25, -0.2) is 0 Å². The number of aromatic nitrogens is 1. The number of hydrogen-bond donors (Lipinski definition) is 2. The molecule has 39 heavy (non-hydrogen) atoms. The molecule has 0 aliphatic heterocycles. The molecule has 0 bridgehead atoms. The number of ketones is 1. The summed E-state index contributed by atoms with van der Waals surface area (Å²) in [7, 11) is 1.92. The van der Waals surface area contributed by atoms with Gasteiger partial charge in [0.05, 0.1) is 5.92 Å². The molecular formula is C33H45N3O3. The molecule has 1 atom stereocenters. The molecule has 0 aliphatic rings. The van der Waals surface area contributed by atoms with E-state index in [1.807, 2.05) is 91.3 Å². The largest absolute Gasteiger partial charge is 0.485 e. The molecule has 4 rings (SSSR count). The van der Waals surface area contributed by atoms with Crippen molar-refractivity contribution in [2.45, 2.75) is 47.5 Å². The summed E-state index contributed by atoms with van der Waals surface area (Å²) in [6.07, 6.45) is 4.51. The van der Waals surface area contributed by atoms with Crippen molar-refractivity contribution in [1.82, 2.24) is 4.98 Å². The number of carbonyl (C=O) groups excluding carboxylic acids is 2. The molecule has 1 heterocycles. The van der Waals surface area contributed by atoms with E-state index in [-0.39, 0.29) is 24.9 Å². The second-order valence-corrected chi connectivity index (χ2v) is 7.31. The quantitative estimate of drug-likeness (QED) is 0.180. The molecule has 0 aliphatic carbocycles. The first-order valence-electron chi connectivity index (χ1n) is 13.6. The predicted octanol–water partition coefficient (Wildman–Crippen LogP) is 7.54. The maximum absolute atomic E-state index is 11.9. The molecule has 6 nitrogen and oxygen atoms in total. The number of pyridine rings is 1. The number of nitrogens with one attached hydrogen (secondary N) is 1. The third-order valence-electron chi connectivity index (χ3n) is 5.12. The molecular weight excluding hydrogens is 486 g/mol. The van der Waals surface area contributed by atoms with E-state index in [0.29, 0.717) is 11.3 Å². The van der Waals surface area contributed by atoms with Gasteiger partial charge in [0, 0.05) is 42.6 Å². The molecule has 0 fully saturated rings. The number of ether oxygens (including phenoxy) is 1. The fourth-order valence-corrected chi connectivity index (χ4v) is 3.18. The van der Waals surface area contributed by atoms with E-state index in [2.05, 4.69) is 22.4 Å². The Morgan fingerprint density at radius 2 is 1.54 bits per heavy atom. The number of Topliss-reactive ketones (excluding diaryl/α,β-unsaturated/α-hetero) is 1. The number of rotatable bonds is 8. The summed E-state index contributed by atoms with van der Waals surface area (Å²) in [6.45, 7) is 12.3. The first kappa shape index (κ1) is 35.0. The fraction of sp³-hybridized carbons (Fsp3) is 0.303. The van der Waals surface area contributed by atoms with Gasteiger partial charge >= 0.3 is 0 Å². The Bertz CT molecular complexity index is 1180. The maximum Gasteiger partial charge on any atom is 0.200 e. The van der Waals surface area contributed by atoms with Crippen molar-refractivity contribution in [2.75, 3.05) is 25.5 Å². The highest BCUT2D eigenvalue weighted by molar-refractivity contribution is 5.97. The normalized spacial score (nSPS) is 9.85. The van der Waals surface area contributed by atoms with Crippen molar-refractivity contribution < 1.29 is 14.3 Å². The number of benzene rings is 3. The zero-order valence-electron chi connectivity index (χ0n) is 24.5. The van der Waals surface area contributed by atoms with E-state index in [4.69, 9.17) is 10.5 Å². The van der Waals surface area contributed by atoms with Gasteiger partial charge in [-0.05, 0) is 41.3 Å². The minimum Gasteiger partial charge on any atom is -0.485 e. The van der Waals surface area contributed by atoms with Crippen molar-refractivity contribution in [2.24, 2.45) is 5.73 Å². The summed E-state index contributed by atoms with van der Waals surface area (Å²) >= 11 is 0. The molecule has 3 aromatic carbocycles. The van der Waals surface area contributed by atoms with E-state index in [1.165, 1.54) is 10.8 Å². The van der Waals surface area contributed by atoms with E-state index in [0.717, 1.165) is 17.5 Å². The third kappa shape index (κ3) is 12.4. The summed E-state index contributed by atoms with van der Waals surface area (Å²) in [6, 6.07) is 24.3. The van der Waals surface area contributed by atoms with Crippen LogP contribution in [0.2, 0.25) is 0 Å². The van der Waals surface area contributed by atoms with Crippen LogP contribution < -0.4 is 15.8 Å². The molecule has 0 saturated carbocycles. The Kier molecular flexibility index (Phi) is 19.7. The van der Waals surface area contributed by atoms with Crippen molar-refractivity contribution in [1.29, 1.82) is 0 Å². The third-order valence-corrected chi connectivity index (χ3v) is 5.12. The summed E-state index contributed by atoms with van der Waals surface area (Å²) < 4.78 is 5.46. The molecule has 1 unspecified atom stereocenters. The Morgan fingerprint density at radius 1 is 0.897 bits per heavy atom.